The van der Waals surface area contributed by atoms with Crippen LogP contribution in [0.4, 0.5) is 5.13 Å². The summed E-state index contributed by atoms with van der Waals surface area (Å²) in [6.45, 7) is 8.73. The first-order chi connectivity index (χ1) is 9.91. The largest absolute Gasteiger partial charge is 0.349 e. The molecule has 0 aliphatic carbocycles. The van der Waals surface area contributed by atoms with Crippen molar-refractivity contribution in [3.05, 3.63) is 11.1 Å². The molecular formula is C13H24N4O2S2. The van der Waals surface area contributed by atoms with Crippen molar-refractivity contribution in [2.45, 2.75) is 32.9 Å². The molecule has 1 aromatic heterocycles. The SMILES string of the molecule is CCN(CC)c1ncc(CN2CC[C@H](NS(C)(=O)=O)C2)s1. The van der Waals surface area contributed by atoms with E-state index < -0.39 is 10.0 Å². The Morgan fingerprint density at radius 3 is 2.81 bits per heavy atom. The van der Waals surface area contributed by atoms with Crippen molar-refractivity contribution >= 4 is 26.5 Å². The average molecular weight is 332 g/mol. The van der Waals surface area contributed by atoms with Gasteiger partial charge in [-0.25, -0.2) is 18.1 Å². The van der Waals surface area contributed by atoms with Gasteiger partial charge in [0.25, 0.3) is 0 Å². The van der Waals surface area contributed by atoms with Crippen LogP contribution in [-0.2, 0) is 16.6 Å². The van der Waals surface area contributed by atoms with Crippen molar-refractivity contribution in [2.75, 3.05) is 37.3 Å². The van der Waals surface area contributed by atoms with Gasteiger partial charge in [0.1, 0.15) is 0 Å². The maximum atomic E-state index is 11.3. The van der Waals surface area contributed by atoms with Crippen molar-refractivity contribution < 1.29 is 8.42 Å². The molecule has 1 saturated heterocycles. The van der Waals surface area contributed by atoms with E-state index in [2.05, 4.69) is 33.4 Å². The molecule has 6 nitrogen and oxygen atoms in total. The van der Waals surface area contributed by atoms with Crippen molar-refractivity contribution in [1.82, 2.24) is 14.6 Å². The highest BCUT2D eigenvalue weighted by atomic mass is 32.2. The molecular weight excluding hydrogens is 308 g/mol. The first-order valence-corrected chi connectivity index (χ1v) is 10.0. The molecule has 0 unspecified atom stereocenters. The van der Waals surface area contributed by atoms with Crippen LogP contribution in [0.2, 0.25) is 0 Å². The molecule has 1 atom stereocenters. The first kappa shape index (κ1) is 16.7. The summed E-state index contributed by atoms with van der Waals surface area (Å²) in [5.74, 6) is 0. The Bertz CT molecular complexity index is 554. The fourth-order valence-electron chi connectivity index (χ4n) is 2.61. The first-order valence-electron chi connectivity index (χ1n) is 7.30. The van der Waals surface area contributed by atoms with Crippen LogP contribution in [-0.4, -0.2) is 56.8 Å². The van der Waals surface area contributed by atoms with Gasteiger partial charge in [0, 0.05) is 49.8 Å². The highest BCUT2D eigenvalue weighted by Crippen LogP contribution is 2.24. The Hall–Kier alpha value is -0.700. The summed E-state index contributed by atoms with van der Waals surface area (Å²) < 4.78 is 25.2. The lowest BCUT2D eigenvalue weighted by atomic mass is 10.3. The monoisotopic (exact) mass is 332 g/mol. The van der Waals surface area contributed by atoms with E-state index in [0.717, 1.165) is 44.3 Å². The number of nitrogens with zero attached hydrogens (tertiary/aromatic N) is 3. The summed E-state index contributed by atoms with van der Waals surface area (Å²) in [4.78, 5) is 10.2. The summed E-state index contributed by atoms with van der Waals surface area (Å²) in [5.41, 5.74) is 0. The van der Waals surface area contributed by atoms with Gasteiger partial charge in [-0.05, 0) is 20.3 Å². The van der Waals surface area contributed by atoms with E-state index in [9.17, 15) is 8.42 Å². The van der Waals surface area contributed by atoms with Gasteiger partial charge >= 0.3 is 0 Å². The minimum Gasteiger partial charge on any atom is -0.349 e. The number of rotatable bonds is 7. The number of aromatic nitrogens is 1. The molecule has 1 aliphatic rings. The second kappa shape index (κ2) is 7.04. The van der Waals surface area contributed by atoms with Crippen LogP contribution in [0.1, 0.15) is 25.1 Å². The minimum absolute atomic E-state index is 0.0372. The van der Waals surface area contributed by atoms with Crippen LogP contribution in [0.5, 0.6) is 0 Å². The summed E-state index contributed by atoms with van der Waals surface area (Å²) in [7, 11) is -3.11. The van der Waals surface area contributed by atoms with Crippen molar-refractivity contribution in [2.24, 2.45) is 0 Å². The Labute approximate surface area is 131 Å². The van der Waals surface area contributed by atoms with E-state index in [1.165, 1.54) is 11.1 Å². The lowest BCUT2D eigenvalue weighted by Gasteiger charge is -2.17. The molecule has 1 aliphatic heterocycles. The molecule has 0 bridgehead atoms. The van der Waals surface area contributed by atoms with Crippen LogP contribution in [0, 0.1) is 0 Å². The number of hydrogen-bond acceptors (Lipinski definition) is 6. The van der Waals surface area contributed by atoms with E-state index in [4.69, 9.17) is 0 Å². The van der Waals surface area contributed by atoms with E-state index in [1.807, 2.05) is 6.20 Å². The average Bonchev–Trinajstić information content (AvgIpc) is 3.00. The van der Waals surface area contributed by atoms with Crippen molar-refractivity contribution in [3.8, 4) is 0 Å². The van der Waals surface area contributed by atoms with E-state index in [0.29, 0.717) is 0 Å². The fourth-order valence-corrected chi connectivity index (χ4v) is 4.48. The molecule has 1 aromatic rings. The van der Waals surface area contributed by atoms with Crippen molar-refractivity contribution in [1.29, 1.82) is 0 Å². The van der Waals surface area contributed by atoms with Gasteiger partial charge in [0.2, 0.25) is 10.0 Å². The highest BCUT2D eigenvalue weighted by Gasteiger charge is 2.25. The molecule has 0 radical (unpaired) electrons. The standard InChI is InChI=1S/C13H24N4O2S2/c1-4-17(5-2)13-14-8-12(20-13)10-16-7-6-11(9-16)15-21(3,18)19/h8,11,15H,4-7,9-10H2,1-3H3/t11-/m0/s1. The summed E-state index contributed by atoms with van der Waals surface area (Å²) in [5, 5.41) is 1.07. The van der Waals surface area contributed by atoms with E-state index in [-0.39, 0.29) is 6.04 Å². The topological polar surface area (TPSA) is 65.5 Å². The molecule has 120 valence electrons. The lowest BCUT2D eigenvalue weighted by molar-refractivity contribution is 0.327. The van der Waals surface area contributed by atoms with Crippen LogP contribution in [0.15, 0.2) is 6.20 Å². The molecule has 1 N–H and O–H groups in total. The van der Waals surface area contributed by atoms with Crippen LogP contribution in [0.3, 0.4) is 0 Å². The molecule has 21 heavy (non-hydrogen) atoms. The molecule has 0 spiro atoms. The van der Waals surface area contributed by atoms with Crippen molar-refractivity contribution in [3.63, 3.8) is 0 Å². The van der Waals surface area contributed by atoms with Crippen LogP contribution in [0.25, 0.3) is 0 Å². The minimum atomic E-state index is -3.11. The third kappa shape index (κ3) is 4.91. The molecule has 2 rings (SSSR count). The molecule has 0 saturated carbocycles. The van der Waals surface area contributed by atoms with Crippen LogP contribution < -0.4 is 9.62 Å². The number of likely N-dealkylation sites (tertiary alicyclic amines) is 1. The fraction of sp³-hybridized carbons (Fsp3) is 0.769. The number of sulfonamides is 1. The van der Waals surface area contributed by atoms with E-state index in [1.54, 1.807) is 11.3 Å². The number of thiazole rings is 1. The van der Waals surface area contributed by atoms with Gasteiger partial charge in [-0.2, -0.15) is 0 Å². The Kier molecular flexibility index (Phi) is 5.59. The highest BCUT2D eigenvalue weighted by molar-refractivity contribution is 7.88. The molecule has 0 amide bonds. The van der Waals surface area contributed by atoms with Gasteiger partial charge in [0.15, 0.2) is 5.13 Å². The molecule has 1 fully saturated rings. The van der Waals surface area contributed by atoms with Gasteiger partial charge in [0.05, 0.1) is 6.26 Å². The summed E-state index contributed by atoms with van der Waals surface area (Å²) >= 11 is 1.73. The van der Waals surface area contributed by atoms with Crippen LogP contribution >= 0.6 is 11.3 Å². The lowest BCUT2D eigenvalue weighted by Crippen LogP contribution is -2.36. The normalized spacial score (nSPS) is 20.0. The summed E-state index contributed by atoms with van der Waals surface area (Å²) in [6.07, 6.45) is 4.03. The zero-order valence-electron chi connectivity index (χ0n) is 12.9. The maximum absolute atomic E-state index is 11.3. The predicted molar refractivity (Wildman–Crippen MR) is 87.3 cm³/mol. The van der Waals surface area contributed by atoms with Gasteiger partial charge in [-0.1, -0.05) is 0 Å². The Morgan fingerprint density at radius 1 is 1.48 bits per heavy atom. The molecule has 2 heterocycles. The van der Waals surface area contributed by atoms with Gasteiger partial charge in [-0.15, -0.1) is 11.3 Å². The summed E-state index contributed by atoms with van der Waals surface area (Å²) in [6, 6.07) is 0.0372. The Morgan fingerprint density at radius 2 is 2.19 bits per heavy atom. The van der Waals surface area contributed by atoms with Gasteiger partial charge < -0.3 is 4.90 Å². The maximum Gasteiger partial charge on any atom is 0.208 e. The number of hydrogen-bond donors (Lipinski definition) is 1. The third-order valence-corrected chi connectivity index (χ3v) is 5.41. The quantitative estimate of drug-likeness (QED) is 0.810. The smallest absolute Gasteiger partial charge is 0.208 e. The van der Waals surface area contributed by atoms with Gasteiger partial charge in [-0.3, -0.25) is 4.90 Å². The third-order valence-electron chi connectivity index (χ3n) is 3.61. The van der Waals surface area contributed by atoms with E-state index >= 15 is 0 Å². The predicted octanol–water partition coefficient (Wildman–Crippen LogP) is 1.11. The molecule has 0 aromatic carbocycles. The second-order valence-electron chi connectivity index (χ2n) is 5.39. The number of anilines is 1. The molecule has 8 heteroatoms. The Balaban J connectivity index is 1.89. The second-order valence-corrected chi connectivity index (χ2v) is 8.27. The number of nitrogens with one attached hydrogen (secondary N) is 1. The zero-order valence-corrected chi connectivity index (χ0v) is 14.5. The zero-order chi connectivity index (χ0) is 15.5.